The molecule has 8 heteroatoms. The Morgan fingerprint density at radius 3 is 2.57 bits per heavy atom. The summed E-state index contributed by atoms with van der Waals surface area (Å²) in [4.78, 5) is 25.6. The minimum absolute atomic E-state index is 0.0674. The maximum atomic E-state index is 13.0. The fourth-order valence-corrected chi connectivity index (χ4v) is 3.70. The van der Waals surface area contributed by atoms with E-state index in [2.05, 4.69) is 31.2 Å². The van der Waals surface area contributed by atoms with Crippen LogP contribution in [0.15, 0.2) is 48.8 Å². The van der Waals surface area contributed by atoms with Crippen molar-refractivity contribution in [1.82, 2.24) is 29.9 Å². The Hall–Kier alpha value is -3.55. The monoisotopic (exact) mass is 373 g/mol. The van der Waals surface area contributed by atoms with Crippen molar-refractivity contribution in [2.24, 2.45) is 7.05 Å². The van der Waals surface area contributed by atoms with Crippen LogP contribution >= 0.6 is 0 Å². The van der Waals surface area contributed by atoms with Gasteiger partial charge in [0.05, 0.1) is 0 Å². The molecule has 1 aliphatic rings. The highest BCUT2D eigenvalue weighted by Gasteiger charge is 2.25. The van der Waals surface area contributed by atoms with E-state index in [0.717, 1.165) is 22.2 Å². The van der Waals surface area contributed by atoms with Crippen molar-refractivity contribution in [2.75, 3.05) is 31.1 Å². The number of rotatable bonds is 2. The Labute approximate surface area is 161 Å². The van der Waals surface area contributed by atoms with Gasteiger partial charge in [-0.15, -0.1) is 5.10 Å². The van der Waals surface area contributed by atoms with E-state index in [4.69, 9.17) is 0 Å². The lowest BCUT2D eigenvalue weighted by molar-refractivity contribution is 0.0747. The molecule has 1 amide bonds. The molecule has 1 saturated heterocycles. The van der Waals surface area contributed by atoms with Crippen LogP contribution in [0.4, 0.5) is 5.82 Å². The molecule has 1 fully saturated rings. The molecule has 0 unspecified atom stereocenters. The Balaban J connectivity index is 1.34. The molecule has 0 spiro atoms. The molecular formula is C20H19N7O. The normalized spacial score (nSPS) is 14.8. The third-order valence-corrected chi connectivity index (χ3v) is 5.23. The number of aromatic nitrogens is 5. The fourth-order valence-electron chi connectivity index (χ4n) is 3.70. The number of carbonyl (C=O) groups is 1. The zero-order valence-electron chi connectivity index (χ0n) is 15.5. The Kier molecular flexibility index (Phi) is 3.89. The van der Waals surface area contributed by atoms with E-state index in [1.54, 1.807) is 4.68 Å². The van der Waals surface area contributed by atoms with Gasteiger partial charge in [-0.3, -0.25) is 4.79 Å². The maximum absolute atomic E-state index is 13.0. The number of aryl methyl sites for hydroxylation is 1. The summed E-state index contributed by atoms with van der Waals surface area (Å²) in [5, 5.41) is 10.4. The van der Waals surface area contributed by atoms with E-state index in [1.807, 2.05) is 48.3 Å². The first-order valence-corrected chi connectivity index (χ1v) is 9.24. The molecule has 4 aromatic rings. The summed E-state index contributed by atoms with van der Waals surface area (Å²) in [6.45, 7) is 2.67. The topological polar surface area (TPSA) is 80.0 Å². The second-order valence-electron chi connectivity index (χ2n) is 6.92. The molecule has 3 heterocycles. The van der Waals surface area contributed by atoms with Crippen LogP contribution in [0.25, 0.3) is 21.9 Å². The summed E-state index contributed by atoms with van der Waals surface area (Å²) < 4.78 is 1.64. The third-order valence-electron chi connectivity index (χ3n) is 5.23. The summed E-state index contributed by atoms with van der Waals surface area (Å²) in [5.41, 5.74) is 2.13. The van der Waals surface area contributed by atoms with E-state index in [-0.39, 0.29) is 5.91 Å². The SMILES string of the molecule is Cn1nnc2c(N3CCN(C(=O)c4ccc5ccccc5c4)CC3)ncnc21. The molecular weight excluding hydrogens is 354 g/mol. The standard InChI is InChI=1S/C20H19N7O/c1-25-18-17(23-24-25)19(22-13-21-18)26-8-10-27(11-9-26)20(28)16-7-6-14-4-2-3-5-15(14)12-16/h2-7,12-13H,8-11H2,1H3. The molecule has 0 saturated carbocycles. The molecule has 0 radical (unpaired) electrons. The second kappa shape index (κ2) is 6.56. The predicted molar refractivity (Wildman–Crippen MR) is 106 cm³/mol. The van der Waals surface area contributed by atoms with Crippen molar-refractivity contribution in [3.63, 3.8) is 0 Å². The average Bonchev–Trinajstić information content (AvgIpc) is 3.14. The number of carbonyl (C=O) groups excluding carboxylic acids is 1. The van der Waals surface area contributed by atoms with Crippen molar-refractivity contribution < 1.29 is 4.79 Å². The molecule has 8 nitrogen and oxygen atoms in total. The summed E-state index contributed by atoms with van der Waals surface area (Å²) in [6.07, 6.45) is 1.54. The zero-order chi connectivity index (χ0) is 19.1. The molecule has 5 rings (SSSR count). The van der Waals surface area contributed by atoms with E-state index >= 15 is 0 Å². The predicted octanol–water partition coefficient (Wildman–Crippen LogP) is 1.87. The molecule has 0 atom stereocenters. The summed E-state index contributed by atoms with van der Waals surface area (Å²) in [5.74, 6) is 0.841. The van der Waals surface area contributed by atoms with Crippen molar-refractivity contribution in [2.45, 2.75) is 0 Å². The second-order valence-corrected chi connectivity index (χ2v) is 6.92. The first-order chi connectivity index (χ1) is 13.7. The van der Waals surface area contributed by atoms with E-state index in [1.165, 1.54) is 6.33 Å². The van der Waals surface area contributed by atoms with Crippen molar-refractivity contribution >= 4 is 33.7 Å². The van der Waals surface area contributed by atoms with Crippen LogP contribution in [0.5, 0.6) is 0 Å². The number of piperazine rings is 1. The number of nitrogens with zero attached hydrogens (tertiary/aromatic N) is 7. The largest absolute Gasteiger partial charge is 0.351 e. The molecule has 0 bridgehead atoms. The number of fused-ring (bicyclic) bond motifs is 2. The average molecular weight is 373 g/mol. The van der Waals surface area contributed by atoms with Gasteiger partial charge in [0.25, 0.3) is 5.91 Å². The van der Waals surface area contributed by atoms with Crippen LogP contribution < -0.4 is 4.90 Å². The number of anilines is 1. The number of amides is 1. The zero-order valence-corrected chi connectivity index (χ0v) is 15.5. The minimum atomic E-state index is 0.0674. The van der Waals surface area contributed by atoms with Crippen LogP contribution in [0, 0.1) is 0 Å². The highest BCUT2D eigenvalue weighted by atomic mass is 16.2. The van der Waals surface area contributed by atoms with Gasteiger partial charge in [0.2, 0.25) is 0 Å². The van der Waals surface area contributed by atoms with Gasteiger partial charge in [0.1, 0.15) is 6.33 Å². The lowest BCUT2D eigenvalue weighted by Gasteiger charge is -2.35. The van der Waals surface area contributed by atoms with Crippen LogP contribution in [-0.4, -0.2) is 61.9 Å². The summed E-state index contributed by atoms with van der Waals surface area (Å²) in [6, 6.07) is 14.0. The van der Waals surface area contributed by atoms with Crippen LogP contribution in [0.3, 0.4) is 0 Å². The van der Waals surface area contributed by atoms with Gasteiger partial charge in [0, 0.05) is 38.8 Å². The maximum Gasteiger partial charge on any atom is 0.253 e. The smallest absolute Gasteiger partial charge is 0.253 e. The first kappa shape index (κ1) is 16.6. The number of benzene rings is 2. The van der Waals surface area contributed by atoms with Gasteiger partial charge in [-0.25, -0.2) is 14.6 Å². The van der Waals surface area contributed by atoms with Crippen LogP contribution in [0.2, 0.25) is 0 Å². The highest BCUT2D eigenvalue weighted by molar-refractivity contribution is 5.98. The van der Waals surface area contributed by atoms with Gasteiger partial charge in [-0.05, 0) is 22.9 Å². The quantitative estimate of drug-likeness (QED) is 0.534. The molecule has 2 aromatic heterocycles. The van der Waals surface area contributed by atoms with Gasteiger partial charge < -0.3 is 9.80 Å². The minimum Gasteiger partial charge on any atom is -0.351 e. The number of hydrogen-bond donors (Lipinski definition) is 0. The lowest BCUT2D eigenvalue weighted by atomic mass is 10.1. The molecule has 1 aliphatic heterocycles. The Bertz CT molecular complexity index is 1180. The molecule has 28 heavy (non-hydrogen) atoms. The highest BCUT2D eigenvalue weighted by Crippen LogP contribution is 2.22. The first-order valence-electron chi connectivity index (χ1n) is 9.24. The summed E-state index contributed by atoms with van der Waals surface area (Å²) >= 11 is 0. The van der Waals surface area contributed by atoms with Crippen molar-refractivity contribution in [3.05, 3.63) is 54.4 Å². The van der Waals surface area contributed by atoms with E-state index in [0.29, 0.717) is 37.3 Å². The van der Waals surface area contributed by atoms with Gasteiger partial charge >= 0.3 is 0 Å². The Morgan fingerprint density at radius 2 is 1.75 bits per heavy atom. The van der Waals surface area contributed by atoms with E-state index in [9.17, 15) is 4.79 Å². The molecule has 0 N–H and O–H groups in total. The third kappa shape index (κ3) is 2.74. The summed E-state index contributed by atoms with van der Waals surface area (Å²) in [7, 11) is 1.81. The van der Waals surface area contributed by atoms with Crippen LogP contribution in [0.1, 0.15) is 10.4 Å². The van der Waals surface area contributed by atoms with Crippen molar-refractivity contribution in [3.8, 4) is 0 Å². The number of hydrogen-bond acceptors (Lipinski definition) is 6. The Morgan fingerprint density at radius 1 is 0.964 bits per heavy atom. The van der Waals surface area contributed by atoms with E-state index < -0.39 is 0 Å². The lowest BCUT2D eigenvalue weighted by Crippen LogP contribution is -2.49. The molecule has 140 valence electrons. The van der Waals surface area contributed by atoms with Gasteiger partial charge in [-0.2, -0.15) is 0 Å². The molecule has 2 aromatic carbocycles. The van der Waals surface area contributed by atoms with Crippen molar-refractivity contribution in [1.29, 1.82) is 0 Å². The molecule has 0 aliphatic carbocycles. The van der Waals surface area contributed by atoms with Gasteiger partial charge in [-0.1, -0.05) is 35.5 Å². The van der Waals surface area contributed by atoms with Gasteiger partial charge in [0.15, 0.2) is 17.0 Å². The van der Waals surface area contributed by atoms with Crippen LogP contribution in [-0.2, 0) is 7.05 Å². The fraction of sp³-hybridized carbons (Fsp3) is 0.250.